The highest BCUT2D eigenvalue weighted by atomic mass is 32.2. The zero-order chi connectivity index (χ0) is 9.61. The van der Waals surface area contributed by atoms with E-state index in [1.807, 2.05) is 0 Å². The van der Waals surface area contributed by atoms with Gasteiger partial charge in [0.15, 0.2) is 0 Å². The lowest BCUT2D eigenvalue weighted by Gasteiger charge is -2.11. The molecule has 0 aromatic heterocycles. The molecule has 0 heterocycles. The molecule has 0 aromatic rings. The monoisotopic (exact) mass is 194 g/mol. The molecule has 1 amide bonds. The van der Waals surface area contributed by atoms with Gasteiger partial charge in [0, 0.05) is 27.2 Å². The molecule has 0 saturated heterocycles. The number of carbonyl (C=O) groups excluding carboxylic acids is 1. The van der Waals surface area contributed by atoms with Gasteiger partial charge in [0.25, 0.3) is 10.2 Å². The van der Waals surface area contributed by atoms with Gasteiger partial charge < -0.3 is 5.32 Å². The Labute approximate surface area is 72.1 Å². The van der Waals surface area contributed by atoms with Crippen molar-refractivity contribution in [2.75, 3.05) is 27.2 Å². The Balaban J connectivity index is 3.70. The molecule has 71 valence electrons. The number of nitrogens with one attached hydrogen (secondary N) is 2. The SMILES string of the molecule is CN(C)S(=O)(=O)NCCN[C]=O. The normalized spacial score (nSPS) is 11.6. The maximum absolute atomic E-state index is 11.0. The van der Waals surface area contributed by atoms with Crippen LogP contribution in [-0.4, -0.2) is 46.3 Å². The van der Waals surface area contributed by atoms with Gasteiger partial charge >= 0.3 is 6.41 Å². The van der Waals surface area contributed by atoms with Gasteiger partial charge in [-0.15, -0.1) is 0 Å². The molecule has 0 spiro atoms. The molecule has 0 rings (SSSR count). The molecule has 0 aliphatic carbocycles. The van der Waals surface area contributed by atoms with E-state index in [1.54, 1.807) is 0 Å². The van der Waals surface area contributed by atoms with E-state index in [4.69, 9.17) is 0 Å². The second-order valence-corrected chi connectivity index (χ2v) is 4.18. The predicted molar refractivity (Wildman–Crippen MR) is 44.3 cm³/mol. The first-order valence-corrected chi connectivity index (χ1v) is 4.72. The fraction of sp³-hybridized carbons (Fsp3) is 0.800. The Morgan fingerprint density at radius 3 is 2.33 bits per heavy atom. The van der Waals surface area contributed by atoms with Crippen molar-refractivity contribution in [3.05, 3.63) is 0 Å². The Morgan fingerprint density at radius 1 is 1.33 bits per heavy atom. The largest absolute Gasteiger partial charge is 0.347 e. The zero-order valence-corrected chi connectivity index (χ0v) is 7.81. The van der Waals surface area contributed by atoms with Crippen molar-refractivity contribution in [2.45, 2.75) is 0 Å². The summed E-state index contributed by atoms with van der Waals surface area (Å²) < 4.78 is 25.3. The van der Waals surface area contributed by atoms with Crippen molar-refractivity contribution in [2.24, 2.45) is 0 Å². The van der Waals surface area contributed by atoms with Gasteiger partial charge in [-0.3, -0.25) is 4.79 Å². The van der Waals surface area contributed by atoms with Crippen LogP contribution < -0.4 is 10.0 Å². The fourth-order valence-electron chi connectivity index (χ4n) is 0.423. The lowest BCUT2D eigenvalue weighted by atomic mass is 10.7. The van der Waals surface area contributed by atoms with E-state index in [9.17, 15) is 13.2 Å². The van der Waals surface area contributed by atoms with E-state index in [0.717, 1.165) is 4.31 Å². The number of amides is 1. The quantitative estimate of drug-likeness (QED) is 0.380. The van der Waals surface area contributed by atoms with Crippen LogP contribution in [0.2, 0.25) is 0 Å². The van der Waals surface area contributed by atoms with Crippen molar-refractivity contribution in [1.82, 2.24) is 14.3 Å². The maximum Gasteiger partial charge on any atom is 0.309 e. The van der Waals surface area contributed by atoms with Crippen LogP contribution in [0.5, 0.6) is 0 Å². The number of rotatable bonds is 6. The van der Waals surface area contributed by atoms with Gasteiger partial charge in [0.2, 0.25) is 0 Å². The van der Waals surface area contributed by atoms with Gasteiger partial charge in [-0.25, -0.2) is 4.72 Å². The smallest absolute Gasteiger partial charge is 0.309 e. The van der Waals surface area contributed by atoms with Gasteiger partial charge in [0.1, 0.15) is 0 Å². The number of nitrogens with zero attached hydrogens (tertiary/aromatic N) is 1. The topological polar surface area (TPSA) is 78.5 Å². The molecule has 0 atom stereocenters. The first kappa shape index (κ1) is 11.3. The van der Waals surface area contributed by atoms with Gasteiger partial charge in [-0.1, -0.05) is 0 Å². The lowest BCUT2D eigenvalue weighted by molar-refractivity contribution is 0.503. The third kappa shape index (κ3) is 4.27. The summed E-state index contributed by atoms with van der Waals surface area (Å²) in [6.45, 7) is 0.395. The molecule has 0 unspecified atom stereocenters. The second kappa shape index (κ2) is 5.07. The summed E-state index contributed by atoms with van der Waals surface area (Å²) in [6.07, 6.45) is 1.43. The first-order valence-electron chi connectivity index (χ1n) is 3.28. The molecular weight excluding hydrogens is 182 g/mol. The van der Waals surface area contributed by atoms with E-state index in [1.165, 1.54) is 20.5 Å². The van der Waals surface area contributed by atoms with E-state index in [2.05, 4.69) is 10.0 Å². The minimum Gasteiger partial charge on any atom is -0.347 e. The minimum atomic E-state index is -3.37. The second-order valence-electron chi connectivity index (χ2n) is 2.21. The highest BCUT2D eigenvalue weighted by molar-refractivity contribution is 7.87. The first-order chi connectivity index (χ1) is 5.50. The van der Waals surface area contributed by atoms with Crippen LogP contribution in [0.25, 0.3) is 0 Å². The van der Waals surface area contributed by atoms with Gasteiger partial charge in [0.05, 0.1) is 0 Å². The summed E-state index contributed by atoms with van der Waals surface area (Å²) in [5.41, 5.74) is 0. The molecule has 0 aliphatic rings. The summed E-state index contributed by atoms with van der Waals surface area (Å²) in [5, 5.41) is 2.21. The molecule has 0 saturated carbocycles. The molecule has 0 aliphatic heterocycles. The van der Waals surface area contributed by atoms with Crippen LogP contribution >= 0.6 is 0 Å². The van der Waals surface area contributed by atoms with Crippen molar-refractivity contribution in [1.29, 1.82) is 0 Å². The van der Waals surface area contributed by atoms with Gasteiger partial charge in [-0.05, 0) is 0 Å². The van der Waals surface area contributed by atoms with Crippen molar-refractivity contribution in [3.8, 4) is 0 Å². The number of hydrogen-bond donors (Lipinski definition) is 2. The van der Waals surface area contributed by atoms with E-state index in [-0.39, 0.29) is 13.1 Å². The van der Waals surface area contributed by atoms with Crippen LogP contribution in [0.1, 0.15) is 0 Å². The van der Waals surface area contributed by atoms with E-state index >= 15 is 0 Å². The highest BCUT2D eigenvalue weighted by Gasteiger charge is 2.10. The van der Waals surface area contributed by atoms with Crippen LogP contribution in [0.15, 0.2) is 0 Å². The molecule has 6 nitrogen and oxygen atoms in total. The molecule has 0 bridgehead atoms. The molecular formula is C5H12N3O3S. The Kier molecular flexibility index (Phi) is 4.79. The Morgan fingerprint density at radius 2 is 1.92 bits per heavy atom. The Bertz CT molecular complexity index is 224. The van der Waals surface area contributed by atoms with Crippen LogP contribution in [0.3, 0.4) is 0 Å². The molecule has 0 fully saturated rings. The Hall–Kier alpha value is -0.660. The van der Waals surface area contributed by atoms with E-state index in [0.29, 0.717) is 0 Å². The standard InChI is InChI=1S/C5H12N3O3S/c1-8(2)12(10,11)7-4-3-6-5-9/h7H,3-4H2,1-2H3,(H,6,9). The lowest BCUT2D eigenvalue weighted by Crippen LogP contribution is -2.39. The van der Waals surface area contributed by atoms with Crippen LogP contribution in [0, 0.1) is 0 Å². The van der Waals surface area contributed by atoms with E-state index < -0.39 is 10.2 Å². The average Bonchev–Trinajstić information content (AvgIpc) is 1.98. The highest BCUT2D eigenvalue weighted by Crippen LogP contribution is 1.85. The average molecular weight is 194 g/mol. The fourth-order valence-corrected chi connectivity index (χ4v) is 1.04. The molecule has 2 N–H and O–H groups in total. The minimum absolute atomic E-state index is 0.162. The summed E-state index contributed by atoms with van der Waals surface area (Å²) in [4.78, 5) is 9.64. The van der Waals surface area contributed by atoms with Crippen molar-refractivity contribution >= 4 is 16.6 Å². The van der Waals surface area contributed by atoms with Crippen LogP contribution in [-0.2, 0) is 15.0 Å². The predicted octanol–water partition coefficient (Wildman–Crippen LogP) is -1.96. The molecule has 1 radical (unpaired) electrons. The van der Waals surface area contributed by atoms with Crippen molar-refractivity contribution in [3.63, 3.8) is 0 Å². The zero-order valence-electron chi connectivity index (χ0n) is 6.99. The molecule has 0 aromatic carbocycles. The van der Waals surface area contributed by atoms with Crippen molar-refractivity contribution < 1.29 is 13.2 Å². The third-order valence-corrected chi connectivity index (χ3v) is 2.62. The maximum atomic E-state index is 11.0. The summed E-state index contributed by atoms with van der Waals surface area (Å²) >= 11 is 0. The van der Waals surface area contributed by atoms with Crippen LogP contribution in [0.4, 0.5) is 0 Å². The summed E-state index contributed by atoms with van der Waals surface area (Å²) in [6, 6.07) is 0. The van der Waals surface area contributed by atoms with Gasteiger partial charge in [-0.2, -0.15) is 12.7 Å². The number of hydrogen-bond acceptors (Lipinski definition) is 3. The summed E-state index contributed by atoms with van der Waals surface area (Å²) in [5.74, 6) is 0. The molecule has 7 heteroatoms. The third-order valence-electron chi connectivity index (χ3n) is 1.09. The summed E-state index contributed by atoms with van der Waals surface area (Å²) in [7, 11) is -0.529. The molecule has 12 heavy (non-hydrogen) atoms.